The summed E-state index contributed by atoms with van der Waals surface area (Å²) < 4.78 is 16.7. The van der Waals surface area contributed by atoms with Crippen molar-refractivity contribution in [2.24, 2.45) is 0 Å². The summed E-state index contributed by atoms with van der Waals surface area (Å²) in [7, 11) is 3.25. The molecular weight excluding hydrogens is 292 g/mol. The van der Waals surface area contributed by atoms with Crippen molar-refractivity contribution in [2.45, 2.75) is 51.6 Å². The molecule has 1 aromatic heterocycles. The molecule has 3 rings (SSSR count). The Morgan fingerprint density at radius 1 is 0.957 bits per heavy atom. The van der Waals surface area contributed by atoms with Gasteiger partial charge in [0, 0.05) is 18.1 Å². The molecule has 0 unspecified atom stereocenters. The Morgan fingerprint density at radius 2 is 1.52 bits per heavy atom. The fourth-order valence-corrected chi connectivity index (χ4v) is 3.16. The molecular formula is C18H24N2O3. The standard InChI is InChI=1S/C18H24N2O3/c1-11(2)23-18-17(12-7-5-6-8-12)19-13-9-15(21-3)16(22-4)10-14(13)20-18/h9-12H,5-8H2,1-4H3. The van der Waals surface area contributed by atoms with Gasteiger partial charge in [-0.1, -0.05) is 12.8 Å². The third kappa shape index (κ3) is 3.19. The molecule has 5 heteroatoms. The molecule has 0 aliphatic heterocycles. The highest BCUT2D eigenvalue weighted by molar-refractivity contribution is 5.79. The molecule has 0 saturated heterocycles. The Balaban J connectivity index is 2.14. The summed E-state index contributed by atoms with van der Waals surface area (Å²) in [6.07, 6.45) is 4.88. The predicted molar refractivity (Wildman–Crippen MR) is 89.6 cm³/mol. The van der Waals surface area contributed by atoms with E-state index >= 15 is 0 Å². The van der Waals surface area contributed by atoms with E-state index in [1.807, 2.05) is 26.0 Å². The Hall–Kier alpha value is -2.04. The second-order valence-corrected chi connectivity index (χ2v) is 6.26. The van der Waals surface area contributed by atoms with Crippen LogP contribution >= 0.6 is 0 Å². The zero-order chi connectivity index (χ0) is 16.4. The summed E-state index contributed by atoms with van der Waals surface area (Å²) in [5.74, 6) is 2.42. The van der Waals surface area contributed by atoms with Crippen LogP contribution in [0.15, 0.2) is 12.1 Å². The van der Waals surface area contributed by atoms with Gasteiger partial charge in [0.25, 0.3) is 0 Å². The zero-order valence-corrected chi connectivity index (χ0v) is 14.3. The molecule has 1 aromatic carbocycles. The first-order valence-corrected chi connectivity index (χ1v) is 8.22. The molecule has 124 valence electrons. The van der Waals surface area contributed by atoms with Gasteiger partial charge in [-0.3, -0.25) is 0 Å². The quantitative estimate of drug-likeness (QED) is 0.831. The first-order valence-electron chi connectivity index (χ1n) is 8.22. The normalized spacial score (nSPS) is 15.3. The van der Waals surface area contributed by atoms with Gasteiger partial charge < -0.3 is 14.2 Å². The molecule has 0 spiro atoms. The van der Waals surface area contributed by atoms with Gasteiger partial charge in [0.2, 0.25) is 5.88 Å². The van der Waals surface area contributed by atoms with E-state index in [4.69, 9.17) is 24.2 Å². The van der Waals surface area contributed by atoms with Crippen molar-refractivity contribution in [1.82, 2.24) is 9.97 Å². The van der Waals surface area contributed by atoms with Crippen LogP contribution in [0.25, 0.3) is 11.0 Å². The second kappa shape index (κ2) is 6.60. The molecule has 1 saturated carbocycles. The van der Waals surface area contributed by atoms with Crippen LogP contribution in [0.2, 0.25) is 0 Å². The smallest absolute Gasteiger partial charge is 0.236 e. The van der Waals surface area contributed by atoms with Gasteiger partial charge in [0.05, 0.1) is 31.4 Å². The van der Waals surface area contributed by atoms with Crippen molar-refractivity contribution in [3.8, 4) is 17.4 Å². The number of ether oxygens (including phenoxy) is 3. The average Bonchev–Trinajstić information content (AvgIpc) is 3.06. The third-order valence-electron chi connectivity index (χ3n) is 4.25. The highest BCUT2D eigenvalue weighted by Gasteiger charge is 2.25. The van der Waals surface area contributed by atoms with Gasteiger partial charge in [-0.05, 0) is 26.7 Å². The van der Waals surface area contributed by atoms with E-state index in [0.29, 0.717) is 23.3 Å². The summed E-state index contributed by atoms with van der Waals surface area (Å²) >= 11 is 0. The van der Waals surface area contributed by atoms with Crippen LogP contribution in [0.1, 0.15) is 51.1 Å². The summed E-state index contributed by atoms with van der Waals surface area (Å²) in [6, 6.07) is 3.74. The molecule has 0 N–H and O–H groups in total. The lowest BCUT2D eigenvalue weighted by Crippen LogP contribution is -2.12. The lowest BCUT2D eigenvalue weighted by atomic mass is 10.0. The second-order valence-electron chi connectivity index (χ2n) is 6.26. The van der Waals surface area contributed by atoms with E-state index in [1.54, 1.807) is 14.2 Å². The molecule has 1 aliphatic rings. The first kappa shape index (κ1) is 15.8. The number of hydrogen-bond acceptors (Lipinski definition) is 5. The van der Waals surface area contributed by atoms with Crippen LogP contribution < -0.4 is 14.2 Å². The van der Waals surface area contributed by atoms with Gasteiger partial charge in [0.15, 0.2) is 11.5 Å². The minimum absolute atomic E-state index is 0.0713. The Labute approximate surface area is 137 Å². The molecule has 1 fully saturated rings. The van der Waals surface area contributed by atoms with Gasteiger partial charge in [-0.25, -0.2) is 9.97 Å². The maximum Gasteiger partial charge on any atom is 0.236 e. The molecule has 0 atom stereocenters. The molecule has 1 heterocycles. The molecule has 0 bridgehead atoms. The van der Waals surface area contributed by atoms with E-state index in [2.05, 4.69) is 0 Å². The summed E-state index contributed by atoms with van der Waals surface area (Å²) in [5, 5.41) is 0. The van der Waals surface area contributed by atoms with Crippen LogP contribution in [0, 0.1) is 0 Å². The van der Waals surface area contributed by atoms with Gasteiger partial charge in [-0.2, -0.15) is 0 Å². The number of nitrogens with zero attached hydrogens (tertiary/aromatic N) is 2. The molecule has 0 radical (unpaired) electrons. The van der Waals surface area contributed by atoms with Gasteiger partial charge in [0.1, 0.15) is 5.69 Å². The fourth-order valence-electron chi connectivity index (χ4n) is 3.16. The molecule has 23 heavy (non-hydrogen) atoms. The minimum Gasteiger partial charge on any atom is -0.493 e. The van der Waals surface area contributed by atoms with Crippen LogP contribution in [0.4, 0.5) is 0 Å². The van der Waals surface area contributed by atoms with Crippen LogP contribution in [-0.4, -0.2) is 30.3 Å². The number of aromatic nitrogens is 2. The van der Waals surface area contributed by atoms with E-state index in [-0.39, 0.29) is 6.10 Å². The van der Waals surface area contributed by atoms with Crippen molar-refractivity contribution in [2.75, 3.05) is 14.2 Å². The van der Waals surface area contributed by atoms with Crippen molar-refractivity contribution < 1.29 is 14.2 Å². The molecule has 2 aromatic rings. The highest BCUT2D eigenvalue weighted by atomic mass is 16.5. The highest BCUT2D eigenvalue weighted by Crippen LogP contribution is 2.39. The number of hydrogen-bond donors (Lipinski definition) is 0. The van der Waals surface area contributed by atoms with Gasteiger partial charge in [-0.15, -0.1) is 0 Å². The van der Waals surface area contributed by atoms with E-state index < -0.39 is 0 Å². The van der Waals surface area contributed by atoms with Crippen molar-refractivity contribution >= 4 is 11.0 Å². The Bertz CT molecular complexity index is 694. The lowest BCUT2D eigenvalue weighted by Gasteiger charge is -2.17. The molecule has 1 aliphatic carbocycles. The van der Waals surface area contributed by atoms with Crippen molar-refractivity contribution in [3.05, 3.63) is 17.8 Å². The predicted octanol–water partition coefficient (Wildman–Crippen LogP) is 4.09. The third-order valence-corrected chi connectivity index (χ3v) is 4.25. The maximum atomic E-state index is 5.95. The average molecular weight is 316 g/mol. The van der Waals surface area contributed by atoms with E-state index in [1.165, 1.54) is 12.8 Å². The Morgan fingerprint density at radius 3 is 2.04 bits per heavy atom. The Kier molecular flexibility index (Phi) is 4.55. The summed E-state index contributed by atoms with van der Waals surface area (Å²) in [4.78, 5) is 9.59. The summed E-state index contributed by atoms with van der Waals surface area (Å²) in [6.45, 7) is 4.03. The van der Waals surface area contributed by atoms with Crippen LogP contribution in [0.3, 0.4) is 0 Å². The number of rotatable bonds is 5. The monoisotopic (exact) mass is 316 g/mol. The fraction of sp³-hybridized carbons (Fsp3) is 0.556. The summed E-state index contributed by atoms with van der Waals surface area (Å²) in [5.41, 5.74) is 2.57. The first-order chi connectivity index (χ1) is 11.1. The van der Waals surface area contributed by atoms with E-state index in [9.17, 15) is 0 Å². The maximum absolute atomic E-state index is 5.95. The molecule has 5 nitrogen and oxygen atoms in total. The number of methoxy groups -OCH3 is 2. The topological polar surface area (TPSA) is 53.5 Å². The minimum atomic E-state index is 0.0713. The molecule has 0 amide bonds. The lowest BCUT2D eigenvalue weighted by molar-refractivity contribution is 0.228. The number of fused-ring (bicyclic) bond motifs is 1. The van der Waals surface area contributed by atoms with Crippen molar-refractivity contribution in [1.29, 1.82) is 0 Å². The van der Waals surface area contributed by atoms with Gasteiger partial charge >= 0.3 is 0 Å². The van der Waals surface area contributed by atoms with Crippen LogP contribution in [-0.2, 0) is 0 Å². The van der Waals surface area contributed by atoms with Crippen molar-refractivity contribution in [3.63, 3.8) is 0 Å². The largest absolute Gasteiger partial charge is 0.493 e. The number of benzene rings is 1. The van der Waals surface area contributed by atoms with Crippen LogP contribution in [0.5, 0.6) is 17.4 Å². The SMILES string of the molecule is COc1cc2nc(OC(C)C)c(C3CCCC3)nc2cc1OC. The zero-order valence-electron chi connectivity index (χ0n) is 14.3. The van der Waals surface area contributed by atoms with E-state index in [0.717, 1.165) is 29.6 Å².